The van der Waals surface area contributed by atoms with Crippen LogP contribution in [0.25, 0.3) is 0 Å². The van der Waals surface area contributed by atoms with E-state index in [0.717, 1.165) is 0 Å². The third kappa shape index (κ3) is 4.88. The zero-order valence-corrected chi connectivity index (χ0v) is 7.55. The van der Waals surface area contributed by atoms with E-state index in [9.17, 15) is 9.18 Å². The van der Waals surface area contributed by atoms with Crippen molar-refractivity contribution in [3.05, 3.63) is 12.7 Å². The summed E-state index contributed by atoms with van der Waals surface area (Å²) in [6.07, 6.45) is 0.139. The van der Waals surface area contributed by atoms with Crippen molar-refractivity contribution in [3.8, 4) is 0 Å². The smallest absolute Gasteiger partial charge is 0.341 e. The minimum Gasteiger partial charge on any atom is -0.459 e. The molecule has 70 valence electrons. The van der Waals surface area contributed by atoms with Gasteiger partial charge in [-0.15, -0.1) is 0 Å². The maximum Gasteiger partial charge on any atom is 0.341 e. The molecule has 0 N–H and O–H groups in total. The van der Waals surface area contributed by atoms with Crippen LogP contribution in [0.3, 0.4) is 0 Å². The lowest BCUT2D eigenvalue weighted by molar-refractivity contribution is -0.148. The largest absolute Gasteiger partial charge is 0.459 e. The quantitative estimate of drug-likeness (QED) is 0.471. The van der Waals surface area contributed by atoms with Crippen molar-refractivity contribution in [1.29, 1.82) is 0 Å². The van der Waals surface area contributed by atoms with Crippen molar-refractivity contribution in [3.63, 3.8) is 0 Å². The molecule has 0 heterocycles. The van der Waals surface area contributed by atoms with E-state index in [-0.39, 0.29) is 18.9 Å². The van der Waals surface area contributed by atoms with Gasteiger partial charge in [-0.1, -0.05) is 26.5 Å². The first kappa shape index (κ1) is 11.1. The molecule has 1 atom stereocenters. The lowest BCUT2D eigenvalue weighted by atomic mass is 10.1. The van der Waals surface area contributed by atoms with Crippen molar-refractivity contribution >= 4 is 5.97 Å². The lowest BCUT2D eigenvalue weighted by Gasteiger charge is -2.08. The van der Waals surface area contributed by atoms with Gasteiger partial charge < -0.3 is 4.74 Å². The zero-order valence-electron chi connectivity index (χ0n) is 7.55. The van der Waals surface area contributed by atoms with Gasteiger partial charge in [-0.25, -0.2) is 9.18 Å². The summed E-state index contributed by atoms with van der Waals surface area (Å²) in [5.74, 6) is -0.625. The van der Waals surface area contributed by atoms with Gasteiger partial charge in [-0.2, -0.15) is 0 Å². The molecule has 0 rings (SSSR count). The van der Waals surface area contributed by atoms with Gasteiger partial charge in [0.25, 0.3) is 0 Å². The predicted molar refractivity (Wildman–Crippen MR) is 45.5 cm³/mol. The standard InChI is InChI=1S/C9H15FO2/c1-4-5-12-9(11)8(10)6-7(2)3/h4,7-8H,1,5-6H2,2-3H3. The Kier molecular flexibility index (Phi) is 5.34. The van der Waals surface area contributed by atoms with Crippen molar-refractivity contribution in [2.45, 2.75) is 26.4 Å². The Morgan fingerprint density at radius 2 is 2.25 bits per heavy atom. The molecule has 0 spiro atoms. The zero-order chi connectivity index (χ0) is 9.56. The minimum atomic E-state index is -1.50. The van der Waals surface area contributed by atoms with Crippen LogP contribution in [0.4, 0.5) is 4.39 Å². The highest BCUT2D eigenvalue weighted by Crippen LogP contribution is 2.09. The number of esters is 1. The van der Waals surface area contributed by atoms with Gasteiger partial charge in [0.05, 0.1) is 0 Å². The molecule has 12 heavy (non-hydrogen) atoms. The number of carbonyl (C=O) groups is 1. The number of alkyl halides is 1. The van der Waals surface area contributed by atoms with E-state index in [0.29, 0.717) is 0 Å². The average molecular weight is 174 g/mol. The van der Waals surface area contributed by atoms with E-state index in [1.807, 2.05) is 13.8 Å². The van der Waals surface area contributed by atoms with Crippen LogP contribution < -0.4 is 0 Å². The fourth-order valence-electron chi connectivity index (χ4n) is 0.742. The number of hydrogen-bond donors (Lipinski definition) is 0. The predicted octanol–water partition coefficient (Wildman–Crippen LogP) is 2.10. The molecular weight excluding hydrogens is 159 g/mol. The van der Waals surface area contributed by atoms with E-state index in [4.69, 9.17) is 0 Å². The summed E-state index contributed by atoms with van der Waals surface area (Å²) in [5.41, 5.74) is 0. The van der Waals surface area contributed by atoms with Gasteiger partial charge in [0.2, 0.25) is 0 Å². The van der Waals surface area contributed by atoms with Gasteiger partial charge in [-0.05, 0) is 12.3 Å². The Labute approximate surface area is 72.4 Å². The summed E-state index contributed by atoms with van der Waals surface area (Å²) in [4.78, 5) is 10.8. The van der Waals surface area contributed by atoms with Crippen LogP contribution in [0.2, 0.25) is 0 Å². The highest BCUT2D eigenvalue weighted by molar-refractivity contribution is 5.74. The molecule has 0 aromatic rings. The molecule has 3 heteroatoms. The summed E-state index contributed by atoms with van der Waals surface area (Å²) in [5, 5.41) is 0. The number of carbonyl (C=O) groups excluding carboxylic acids is 1. The second-order valence-electron chi connectivity index (χ2n) is 3.02. The maximum absolute atomic E-state index is 12.9. The first-order valence-corrected chi connectivity index (χ1v) is 3.99. The average Bonchev–Trinajstić information content (AvgIpc) is 1.98. The molecular formula is C9H15FO2. The molecule has 2 nitrogen and oxygen atoms in total. The molecule has 0 saturated heterocycles. The second kappa shape index (κ2) is 5.75. The number of halogens is 1. The monoisotopic (exact) mass is 174 g/mol. The van der Waals surface area contributed by atoms with Gasteiger partial charge in [-0.3, -0.25) is 0 Å². The molecule has 0 aliphatic heterocycles. The van der Waals surface area contributed by atoms with Crippen LogP contribution in [0.15, 0.2) is 12.7 Å². The molecule has 0 aliphatic carbocycles. The van der Waals surface area contributed by atoms with Crippen molar-refractivity contribution in [2.24, 2.45) is 5.92 Å². The summed E-state index contributed by atoms with van der Waals surface area (Å²) in [6.45, 7) is 7.14. The fraction of sp³-hybridized carbons (Fsp3) is 0.667. The second-order valence-corrected chi connectivity index (χ2v) is 3.02. The van der Waals surface area contributed by atoms with E-state index in [1.165, 1.54) is 6.08 Å². The van der Waals surface area contributed by atoms with E-state index < -0.39 is 12.1 Å². The molecule has 0 aromatic heterocycles. The topological polar surface area (TPSA) is 26.3 Å². The van der Waals surface area contributed by atoms with Crippen LogP contribution in [-0.4, -0.2) is 18.7 Å². The van der Waals surface area contributed by atoms with Crippen LogP contribution in [0, 0.1) is 5.92 Å². The van der Waals surface area contributed by atoms with E-state index in [1.54, 1.807) is 0 Å². The third-order valence-electron chi connectivity index (χ3n) is 1.28. The van der Waals surface area contributed by atoms with Crippen LogP contribution in [-0.2, 0) is 9.53 Å². The van der Waals surface area contributed by atoms with Crippen LogP contribution in [0.5, 0.6) is 0 Å². The molecule has 1 unspecified atom stereocenters. The number of rotatable bonds is 5. The van der Waals surface area contributed by atoms with Crippen LogP contribution >= 0.6 is 0 Å². The highest BCUT2D eigenvalue weighted by Gasteiger charge is 2.19. The van der Waals surface area contributed by atoms with Gasteiger partial charge in [0.15, 0.2) is 6.17 Å². The molecule has 0 amide bonds. The van der Waals surface area contributed by atoms with E-state index in [2.05, 4.69) is 11.3 Å². The summed E-state index contributed by atoms with van der Waals surface area (Å²) in [6, 6.07) is 0. The Morgan fingerprint density at radius 3 is 2.67 bits per heavy atom. The number of ether oxygens (including phenoxy) is 1. The van der Waals surface area contributed by atoms with Gasteiger partial charge in [0, 0.05) is 0 Å². The molecule has 0 bridgehead atoms. The fourth-order valence-corrected chi connectivity index (χ4v) is 0.742. The Bertz CT molecular complexity index is 155. The molecule has 0 saturated carbocycles. The SMILES string of the molecule is C=CCOC(=O)C(F)CC(C)C. The minimum absolute atomic E-state index is 0.0807. The summed E-state index contributed by atoms with van der Waals surface area (Å²) < 4.78 is 17.4. The van der Waals surface area contributed by atoms with Crippen molar-refractivity contribution < 1.29 is 13.9 Å². The number of hydrogen-bond acceptors (Lipinski definition) is 2. The molecule has 0 aliphatic rings. The van der Waals surface area contributed by atoms with Crippen molar-refractivity contribution in [2.75, 3.05) is 6.61 Å². The van der Waals surface area contributed by atoms with Crippen LogP contribution in [0.1, 0.15) is 20.3 Å². The highest BCUT2D eigenvalue weighted by atomic mass is 19.1. The molecule has 0 aromatic carbocycles. The molecule has 0 radical (unpaired) electrons. The normalized spacial score (nSPS) is 12.7. The Morgan fingerprint density at radius 1 is 1.67 bits per heavy atom. The van der Waals surface area contributed by atoms with Gasteiger partial charge >= 0.3 is 5.97 Å². The third-order valence-corrected chi connectivity index (χ3v) is 1.28. The Hall–Kier alpha value is -0.860. The van der Waals surface area contributed by atoms with Gasteiger partial charge in [0.1, 0.15) is 6.61 Å². The molecule has 0 fully saturated rings. The first-order valence-electron chi connectivity index (χ1n) is 3.99. The van der Waals surface area contributed by atoms with E-state index >= 15 is 0 Å². The summed E-state index contributed by atoms with van der Waals surface area (Å²) in [7, 11) is 0. The maximum atomic E-state index is 12.9. The lowest BCUT2D eigenvalue weighted by Crippen LogP contribution is -2.20. The Balaban J connectivity index is 3.68. The van der Waals surface area contributed by atoms with Crippen molar-refractivity contribution in [1.82, 2.24) is 0 Å². The summed E-state index contributed by atoms with van der Waals surface area (Å²) >= 11 is 0. The first-order chi connectivity index (χ1) is 5.57.